The molecule has 2 aromatic rings. The average molecular weight is 306 g/mol. The van der Waals surface area contributed by atoms with E-state index >= 15 is 0 Å². The number of benzene rings is 2. The van der Waals surface area contributed by atoms with Crippen molar-refractivity contribution >= 4 is 27.5 Å². The predicted octanol–water partition coefficient (Wildman–Crippen LogP) is 4.20. The molecule has 0 fully saturated rings. The van der Waals surface area contributed by atoms with Gasteiger partial charge in [0.15, 0.2) is 0 Å². The van der Waals surface area contributed by atoms with Gasteiger partial charge < -0.3 is 10.1 Å². The first-order valence-corrected chi connectivity index (χ1v) is 6.24. The van der Waals surface area contributed by atoms with Crippen molar-refractivity contribution in [3.8, 4) is 11.5 Å². The van der Waals surface area contributed by atoms with Gasteiger partial charge in [-0.1, -0.05) is 18.2 Å². The molecule has 1 N–H and O–H groups in total. The number of para-hydroxylation sites is 1. The van der Waals surface area contributed by atoms with Crippen LogP contribution in [0.15, 0.2) is 53.0 Å². The minimum atomic E-state index is -0.0985. The molecule has 0 aliphatic heterocycles. The minimum absolute atomic E-state index is 0.0985. The molecule has 1 amide bonds. The van der Waals surface area contributed by atoms with Crippen LogP contribution >= 0.6 is 15.9 Å². The van der Waals surface area contributed by atoms with E-state index < -0.39 is 0 Å². The van der Waals surface area contributed by atoms with Crippen LogP contribution in [-0.4, -0.2) is 5.91 Å². The lowest BCUT2D eigenvalue weighted by Gasteiger charge is -2.09. The number of carbonyl (C=O) groups excluding carboxylic acids is 1. The topological polar surface area (TPSA) is 38.3 Å². The Labute approximate surface area is 114 Å². The Kier molecular flexibility index (Phi) is 3.99. The second-order valence-electron chi connectivity index (χ2n) is 3.74. The van der Waals surface area contributed by atoms with Crippen LogP contribution in [0.1, 0.15) is 6.92 Å². The average Bonchev–Trinajstić information content (AvgIpc) is 2.33. The highest BCUT2D eigenvalue weighted by Crippen LogP contribution is 2.31. The molecular formula is C14H12BrNO2. The molecule has 0 saturated carbocycles. The Bertz CT molecular complexity index is 555. The minimum Gasteiger partial charge on any atom is -0.456 e. The van der Waals surface area contributed by atoms with Gasteiger partial charge in [0.25, 0.3) is 0 Å². The van der Waals surface area contributed by atoms with Crippen molar-refractivity contribution in [1.29, 1.82) is 0 Å². The van der Waals surface area contributed by atoms with E-state index in [0.717, 1.165) is 15.9 Å². The number of rotatable bonds is 3. The summed E-state index contributed by atoms with van der Waals surface area (Å²) in [6.07, 6.45) is 0. The molecule has 0 saturated heterocycles. The molecule has 0 spiro atoms. The number of halogens is 1. The van der Waals surface area contributed by atoms with E-state index in [4.69, 9.17) is 4.74 Å². The third-order valence-corrected chi connectivity index (χ3v) is 2.84. The van der Waals surface area contributed by atoms with Crippen molar-refractivity contribution < 1.29 is 9.53 Å². The zero-order chi connectivity index (χ0) is 13.0. The van der Waals surface area contributed by atoms with Crippen LogP contribution in [-0.2, 0) is 4.79 Å². The molecule has 0 atom stereocenters. The molecule has 0 unspecified atom stereocenters. The summed E-state index contributed by atoms with van der Waals surface area (Å²) in [6.45, 7) is 1.47. The number of hydrogen-bond donors (Lipinski definition) is 1. The smallest absolute Gasteiger partial charge is 0.221 e. The third kappa shape index (κ3) is 3.34. The summed E-state index contributed by atoms with van der Waals surface area (Å²) in [5.41, 5.74) is 0.731. The maximum atomic E-state index is 10.9. The van der Waals surface area contributed by atoms with Gasteiger partial charge in [0.1, 0.15) is 11.5 Å². The Hall–Kier alpha value is -1.81. The fourth-order valence-corrected chi connectivity index (χ4v) is 1.94. The van der Waals surface area contributed by atoms with Gasteiger partial charge in [-0.2, -0.15) is 0 Å². The van der Waals surface area contributed by atoms with Gasteiger partial charge in [-0.25, -0.2) is 0 Å². The highest BCUT2D eigenvalue weighted by atomic mass is 79.9. The van der Waals surface area contributed by atoms with Crippen LogP contribution in [0, 0.1) is 0 Å². The standard InChI is InChI=1S/C14H12BrNO2/c1-10(17)16-11-7-8-14(13(15)9-11)18-12-5-3-2-4-6-12/h2-9H,1H3,(H,16,17). The molecule has 0 radical (unpaired) electrons. The van der Waals surface area contributed by atoms with Crippen LogP contribution in [0.4, 0.5) is 5.69 Å². The number of ether oxygens (including phenoxy) is 1. The van der Waals surface area contributed by atoms with Gasteiger partial charge in [-0.15, -0.1) is 0 Å². The van der Waals surface area contributed by atoms with Gasteiger partial charge in [0.05, 0.1) is 4.47 Å². The van der Waals surface area contributed by atoms with E-state index in [2.05, 4.69) is 21.2 Å². The van der Waals surface area contributed by atoms with Crippen LogP contribution in [0.3, 0.4) is 0 Å². The molecule has 4 heteroatoms. The van der Waals surface area contributed by atoms with Crippen LogP contribution < -0.4 is 10.1 Å². The molecule has 3 nitrogen and oxygen atoms in total. The quantitative estimate of drug-likeness (QED) is 0.923. The van der Waals surface area contributed by atoms with Crippen molar-refractivity contribution in [2.45, 2.75) is 6.92 Å². The first kappa shape index (κ1) is 12.6. The lowest BCUT2D eigenvalue weighted by molar-refractivity contribution is -0.114. The molecule has 18 heavy (non-hydrogen) atoms. The molecule has 92 valence electrons. The first-order chi connectivity index (χ1) is 8.65. The number of nitrogens with one attached hydrogen (secondary N) is 1. The number of amides is 1. The molecule has 0 aliphatic rings. The summed E-state index contributed by atoms with van der Waals surface area (Å²) in [7, 11) is 0. The van der Waals surface area contributed by atoms with Gasteiger partial charge in [0.2, 0.25) is 5.91 Å². The normalized spacial score (nSPS) is 9.89. The summed E-state index contributed by atoms with van der Waals surface area (Å²) >= 11 is 3.42. The van der Waals surface area contributed by atoms with Crippen molar-refractivity contribution in [3.63, 3.8) is 0 Å². The Morgan fingerprint density at radius 1 is 1.17 bits per heavy atom. The van der Waals surface area contributed by atoms with Crippen LogP contribution in [0.2, 0.25) is 0 Å². The monoisotopic (exact) mass is 305 g/mol. The predicted molar refractivity (Wildman–Crippen MR) is 75.0 cm³/mol. The van der Waals surface area contributed by atoms with E-state index in [9.17, 15) is 4.79 Å². The Morgan fingerprint density at radius 2 is 1.89 bits per heavy atom. The van der Waals surface area contributed by atoms with Gasteiger partial charge >= 0.3 is 0 Å². The van der Waals surface area contributed by atoms with Crippen molar-refractivity contribution in [2.75, 3.05) is 5.32 Å². The van der Waals surface area contributed by atoms with Gasteiger partial charge in [0, 0.05) is 12.6 Å². The van der Waals surface area contributed by atoms with E-state index in [1.807, 2.05) is 36.4 Å². The van der Waals surface area contributed by atoms with Crippen LogP contribution in [0.5, 0.6) is 11.5 Å². The SMILES string of the molecule is CC(=O)Nc1ccc(Oc2ccccc2)c(Br)c1. The third-order valence-electron chi connectivity index (χ3n) is 2.22. The lowest BCUT2D eigenvalue weighted by atomic mass is 10.3. The lowest BCUT2D eigenvalue weighted by Crippen LogP contribution is -2.05. The van der Waals surface area contributed by atoms with Crippen molar-refractivity contribution in [1.82, 2.24) is 0 Å². The maximum Gasteiger partial charge on any atom is 0.221 e. The Morgan fingerprint density at radius 3 is 2.50 bits per heavy atom. The van der Waals surface area contributed by atoms with Gasteiger partial charge in [-0.05, 0) is 46.3 Å². The molecule has 0 heterocycles. The Balaban J connectivity index is 2.17. The number of hydrogen-bond acceptors (Lipinski definition) is 2. The zero-order valence-electron chi connectivity index (χ0n) is 9.81. The van der Waals surface area contributed by atoms with E-state index in [1.165, 1.54) is 6.92 Å². The highest BCUT2D eigenvalue weighted by molar-refractivity contribution is 9.10. The molecule has 0 bridgehead atoms. The number of carbonyl (C=O) groups is 1. The van der Waals surface area contributed by atoms with E-state index in [0.29, 0.717) is 5.75 Å². The molecule has 0 aromatic heterocycles. The summed E-state index contributed by atoms with van der Waals surface area (Å²) < 4.78 is 6.50. The highest BCUT2D eigenvalue weighted by Gasteiger charge is 2.04. The fourth-order valence-electron chi connectivity index (χ4n) is 1.48. The van der Waals surface area contributed by atoms with Crippen molar-refractivity contribution in [3.05, 3.63) is 53.0 Å². The summed E-state index contributed by atoms with van der Waals surface area (Å²) in [4.78, 5) is 10.9. The summed E-state index contributed by atoms with van der Waals surface area (Å²) in [5, 5.41) is 2.71. The fraction of sp³-hybridized carbons (Fsp3) is 0.0714. The first-order valence-electron chi connectivity index (χ1n) is 5.45. The zero-order valence-corrected chi connectivity index (χ0v) is 11.4. The van der Waals surface area contributed by atoms with Crippen LogP contribution in [0.25, 0.3) is 0 Å². The van der Waals surface area contributed by atoms with Crippen molar-refractivity contribution in [2.24, 2.45) is 0 Å². The van der Waals surface area contributed by atoms with E-state index in [1.54, 1.807) is 12.1 Å². The second-order valence-corrected chi connectivity index (χ2v) is 4.60. The second kappa shape index (κ2) is 5.69. The molecular weight excluding hydrogens is 294 g/mol. The summed E-state index contributed by atoms with van der Waals surface area (Å²) in [6, 6.07) is 14.9. The number of anilines is 1. The largest absolute Gasteiger partial charge is 0.456 e. The van der Waals surface area contributed by atoms with Gasteiger partial charge in [-0.3, -0.25) is 4.79 Å². The van der Waals surface area contributed by atoms with E-state index in [-0.39, 0.29) is 5.91 Å². The summed E-state index contributed by atoms with van der Waals surface area (Å²) in [5.74, 6) is 1.37. The molecule has 0 aliphatic carbocycles. The molecule has 2 aromatic carbocycles. The maximum absolute atomic E-state index is 10.9. The molecule has 2 rings (SSSR count).